The second-order valence-corrected chi connectivity index (χ2v) is 4.68. The topological polar surface area (TPSA) is 57.6 Å². The first-order valence-electron chi connectivity index (χ1n) is 6.77. The zero-order chi connectivity index (χ0) is 15.0. The van der Waals surface area contributed by atoms with Gasteiger partial charge in [-0.1, -0.05) is 25.5 Å². The molecule has 0 bridgehead atoms. The van der Waals surface area contributed by atoms with Gasteiger partial charge in [-0.2, -0.15) is 0 Å². The Kier molecular flexibility index (Phi) is 6.70. The molecule has 0 radical (unpaired) electrons. The SMILES string of the molecule is CCCCN(CCC(=O)O)C(=O)Cc1ccc(F)cc1. The van der Waals surface area contributed by atoms with Crippen LogP contribution >= 0.6 is 0 Å². The van der Waals surface area contributed by atoms with Gasteiger partial charge in [0.1, 0.15) is 5.82 Å². The van der Waals surface area contributed by atoms with E-state index in [1.165, 1.54) is 12.1 Å². The molecule has 0 aliphatic carbocycles. The molecule has 0 aliphatic rings. The minimum absolute atomic E-state index is 0.0567. The molecule has 0 unspecified atom stereocenters. The lowest BCUT2D eigenvalue weighted by atomic mass is 10.1. The highest BCUT2D eigenvalue weighted by atomic mass is 19.1. The van der Waals surface area contributed by atoms with Crippen LogP contribution in [0, 0.1) is 5.82 Å². The summed E-state index contributed by atoms with van der Waals surface area (Å²) in [4.78, 5) is 24.3. The molecule has 20 heavy (non-hydrogen) atoms. The number of carbonyl (C=O) groups excluding carboxylic acids is 1. The van der Waals surface area contributed by atoms with Gasteiger partial charge in [-0.05, 0) is 24.1 Å². The van der Waals surface area contributed by atoms with Gasteiger partial charge >= 0.3 is 5.97 Å². The van der Waals surface area contributed by atoms with E-state index in [2.05, 4.69) is 0 Å². The number of unbranched alkanes of at least 4 members (excludes halogenated alkanes) is 1. The zero-order valence-electron chi connectivity index (χ0n) is 11.6. The van der Waals surface area contributed by atoms with E-state index in [1.54, 1.807) is 17.0 Å². The maximum Gasteiger partial charge on any atom is 0.305 e. The Hall–Kier alpha value is -1.91. The third-order valence-corrected chi connectivity index (χ3v) is 3.00. The minimum atomic E-state index is -0.916. The van der Waals surface area contributed by atoms with Gasteiger partial charge < -0.3 is 10.0 Å². The van der Waals surface area contributed by atoms with Gasteiger partial charge in [-0.25, -0.2) is 4.39 Å². The van der Waals surface area contributed by atoms with E-state index in [-0.39, 0.29) is 31.1 Å². The summed E-state index contributed by atoms with van der Waals surface area (Å²) in [6.07, 6.45) is 1.89. The van der Waals surface area contributed by atoms with Crippen molar-refractivity contribution in [3.8, 4) is 0 Å². The highest BCUT2D eigenvalue weighted by Gasteiger charge is 2.14. The third-order valence-electron chi connectivity index (χ3n) is 3.00. The van der Waals surface area contributed by atoms with Gasteiger partial charge in [0.05, 0.1) is 12.8 Å². The molecule has 1 aromatic rings. The van der Waals surface area contributed by atoms with Gasteiger partial charge in [0.15, 0.2) is 0 Å². The minimum Gasteiger partial charge on any atom is -0.481 e. The number of hydrogen-bond acceptors (Lipinski definition) is 2. The fraction of sp³-hybridized carbons (Fsp3) is 0.467. The molecule has 0 saturated heterocycles. The quantitative estimate of drug-likeness (QED) is 0.796. The van der Waals surface area contributed by atoms with Gasteiger partial charge in [-0.15, -0.1) is 0 Å². The number of benzene rings is 1. The van der Waals surface area contributed by atoms with Crippen LogP contribution in [-0.4, -0.2) is 35.0 Å². The van der Waals surface area contributed by atoms with E-state index < -0.39 is 5.97 Å². The number of halogens is 1. The second-order valence-electron chi connectivity index (χ2n) is 4.68. The highest BCUT2D eigenvalue weighted by molar-refractivity contribution is 5.79. The molecule has 4 nitrogen and oxygen atoms in total. The molecule has 5 heteroatoms. The lowest BCUT2D eigenvalue weighted by Gasteiger charge is -2.22. The van der Waals surface area contributed by atoms with Gasteiger partial charge in [0.25, 0.3) is 0 Å². The van der Waals surface area contributed by atoms with Gasteiger partial charge in [0.2, 0.25) is 5.91 Å². The molecule has 1 N–H and O–H groups in total. The lowest BCUT2D eigenvalue weighted by molar-refractivity contribution is -0.138. The Bertz CT molecular complexity index is 445. The van der Waals surface area contributed by atoms with Crippen molar-refractivity contribution >= 4 is 11.9 Å². The van der Waals surface area contributed by atoms with Crippen LogP contribution in [-0.2, 0) is 16.0 Å². The summed E-state index contributed by atoms with van der Waals surface area (Å²) in [5, 5.41) is 8.71. The average Bonchev–Trinajstić information content (AvgIpc) is 2.41. The first-order valence-corrected chi connectivity index (χ1v) is 6.77. The number of carboxylic acid groups (broad SMARTS) is 1. The Balaban J connectivity index is 2.61. The van der Waals surface area contributed by atoms with E-state index in [0.717, 1.165) is 18.4 Å². The molecule has 0 aromatic heterocycles. The first-order chi connectivity index (χ1) is 9.52. The molecule has 1 rings (SSSR count). The van der Waals surface area contributed by atoms with Crippen molar-refractivity contribution in [3.63, 3.8) is 0 Å². The summed E-state index contributed by atoms with van der Waals surface area (Å²) in [7, 11) is 0. The summed E-state index contributed by atoms with van der Waals surface area (Å²) >= 11 is 0. The predicted octanol–water partition coefficient (Wildman–Crippen LogP) is 2.47. The molecule has 0 spiro atoms. The summed E-state index contributed by atoms with van der Waals surface area (Å²) in [6, 6.07) is 5.78. The van der Waals surface area contributed by atoms with E-state index >= 15 is 0 Å². The van der Waals surface area contributed by atoms with E-state index in [1.807, 2.05) is 6.92 Å². The number of rotatable bonds is 8. The smallest absolute Gasteiger partial charge is 0.305 e. The van der Waals surface area contributed by atoms with Crippen LogP contribution in [0.3, 0.4) is 0 Å². The van der Waals surface area contributed by atoms with Crippen LogP contribution in [0.25, 0.3) is 0 Å². The second kappa shape index (κ2) is 8.30. The standard InChI is InChI=1S/C15H20FNO3/c1-2-3-9-17(10-8-15(19)20)14(18)11-12-4-6-13(16)7-5-12/h4-7H,2-3,8-11H2,1H3,(H,19,20). The normalized spacial score (nSPS) is 10.3. The zero-order valence-corrected chi connectivity index (χ0v) is 11.6. The number of carboxylic acids is 1. The molecule has 110 valence electrons. The third kappa shape index (κ3) is 5.82. The molecule has 0 aliphatic heterocycles. The van der Waals surface area contributed by atoms with E-state index in [0.29, 0.717) is 6.54 Å². The van der Waals surface area contributed by atoms with Crippen LogP contribution in [0.5, 0.6) is 0 Å². The monoisotopic (exact) mass is 281 g/mol. The Morgan fingerprint density at radius 3 is 2.40 bits per heavy atom. The van der Waals surface area contributed by atoms with Crippen molar-refractivity contribution in [2.75, 3.05) is 13.1 Å². The molecule has 0 saturated carbocycles. The Morgan fingerprint density at radius 2 is 1.85 bits per heavy atom. The van der Waals surface area contributed by atoms with Crippen LogP contribution in [0.2, 0.25) is 0 Å². The van der Waals surface area contributed by atoms with E-state index in [4.69, 9.17) is 5.11 Å². The number of aliphatic carboxylic acids is 1. The van der Waals surface area contributed by atoms with Crippen LogP contribution < -0.4 is 0 Å². The predicted molar refractivity (Wildman–Crippen MR) is 73.8 cm³/mol. The van der Waals surface area contributed by atoms with Crippen LogP contribution in [0.4, 0.5) is 4.39 Å². The molecule has 0 atom stereocenters. The number of amides is 1. The van der Waals surface area contributed by atoms with Crippen LogP contribution in [0.15, 0.2) is 24.3 Å². The largest absolute Gasteiger partial charge is 0.481 e. The Labute approximate surface area is 118 Å². The van der Waals surface area contributed by atoms with Crippen molar-refractivity contribution in [1.82, 2.24) is 4.90 Å². The average molecular weight is 281 g/mol. The van der Waals surface area contributed by atoms with Gasteiger partial charge in [0, 0.05) is 13.1 Å². The number of hydrogen-bond donors (Lipinski definition) is 1. The summed E-state index contributed by atoms with van der Waals surface area (Å²) < 4.78 is 12.8. The van der Waals surface area contributed by atoms with Gasteiger partial charge in [-0.3, -0.25) is 9.59 Å². The molecular formula is C15H20FNO3. The van der Waals surface area contributed by atoms with Crippen molar-refractivity contribution < 1.29 is 19.1 Å². The number of nitrogens with zero attached hydrogens (tertiary/aromatic N) is 1. The van der Waals surface area contributed by atoms with Crippen molar-refractivity contribution in [3.05, 3.63) is 35.6 Å². The van der Waals surface area contributed by atoms with Crippen LogP contribution in [0.1, 0.15) is 31.7 Å². The van der Waals surface area contributed by atoms with E-state index in [9.17, 15) is 14.0 Å². The summed E-state index contributed by atoms with van der Waals surface area (Å²) in [5.41, 5.74) is 0.730. The fourth-order valence-corrected chi connectivity index (χ4v) is 1.83. The molecule has 0 fully saturated rings. The maximum absolute atomic E-state index is 12.8. The summed E-state index contributed by atoms with van der Waals surface area (Å²) in [5.74, 6) is -1.37. The molecular weight excluding hydrogens is 261 g/mol. The number of carbonyl (C=O) groups is 2. The maximum atomic E-state index is 12.8. The molecule has 1 aromatic carbocycles. The van der Waals surface area contributed by atoms with Crippen molar-refractivity contribution in [2.24, 2.45) is 0 Å². The van der Waals surface area contributed by atoms with Crippen molar-refractivity contribution in [2.45, 2.75) is 32.6 Å². The molecule has 0 heterocycles. The molecule has 1 amide bonds. The van der Waals surface area contributed by atoms with Crippen molar-refractivity contribution in [1.29, 1.82) is 0 Å². The lowest BCUT2D eigenvalue weighted by Crippen LogP contribution is -2.35. The fourth-order valence-electron chi connectivity index (χ4n) is 1.83. The first kappa shape index (κ1) is 16.1. The summed E-state index contributed by atoms with van der Waals surface area (Å²) in [6.45, 7) is 2.79. The highest BCUT2D eigenvalue weighted by Crippen LogP contribution is 2.07. The Morgan fingerprint density at radius 1 is 1.20 bits per heavy atom.